The van der Waals surface area contributed by atoms with Crippen LogP contribution in [0.4, 0.5) is 0 Å². The summed E-state index contributed by atoms with van der Waals surface area (Å²) in [7, 11) is 0. The number of hydrogen-bond acceptors (Lipinski definition) is 2. The van der Waals surface area contributed by atoms with Crippen LogP contribution in [0.25, 0.3) is 0 Å². The smallest absolute Gasteiger partial charge is 0.222 e. The van der Waals surface area contributed by atoms with Crippen molar-refractivity contribution >= 4 is 5.91 Å². The van der Waals surface area contributed by atoms with Gasteiger partial charge in [-0.15, -0.1) is 0 Å². The lowest BCUT2D eigenvalue weighted by molar-refractivity contribution is -0.133. The van der Waals surface area contributed by atoms with Gasteiger partial charge in [0, 0.05) is 19.0 Å². The Morgan fingerprint density at radius 2 is 1.94 bits per heavy atom. The summed E-state index contributed by atoms with van der Waals surface area (Å²) in [5, 5.41) is 3.35. The third kappa shape index (κ3) is 4.12. The topological polar surface area (TPSA) is 32.3 Å². The lowest BCUT2D eigenvalue weighted by Gasteiger charge is -2.34. The standard InChI is InChI=1S/C13H26N2O/c1-3-5-6-7-13(16)15(4-2)12-8-10-14-11-9-12/h12,14H,3-11H2,1-2H3. The monoisotopic (exact) mass is 226 g/mol. The molecule has 0 bridgehead atoms. The number of amides is 1. The van der Waals surface area contributed by atoms with E-state index in [4.69, 9.17) is 0 Å². The van der Waals surface area contributed by atoms with Crippen LogP contribution >= 0.6 is 0 Å². The Kier molecular flexibility index (Phi) is 6.46. The molecular weight excluding hydrogens is 200 g/mol. The Morgan fingerprint density at radius 3 is 2.50 bits per heavy atom. The SMILES string of the molecule is CCCCCC(=O)N(CC)C1CCNCC1. The maximum Gasteiger partial charge on any atom is 0.222 e. The number of rotatable bonds is 6. The molecule has 1 rings (SSSR count). The molecule has 0 saturated carbocycles. The van der Waals surface area contributed by atoms with Crippen LogP contribution in [0, 0.1) is 0 Å². The van der Waals surface area contributed by atoms with E-state index in [2.05, 4.69) is 24.1 Å². The molecule has 1 fully saturated rings. The average Bonchev–Trinajstić information content (AvgIpc) is 2.32. The Morgan fingerprint density at radius 1 is 1.25 bits per heavy atom. The highest BCUT2D eigenvalue weighted by Gasteiger charge is 2.23. The molecule has 0 aromatic carbocycles. The first-order valence-electron chi connectivity index (χ1n) is 6.79. The summed E-state index contributed by atoms with van der Waals surface area (Å²) >= 11 is 0. The molecule has 1 aliphatic heterocycles. The first kappa shape index (κ1) is 13.5. The highest BCUT2D eigenvalue weighted by atomic mass is 16.2. The van der Waals surface area contributed by atoms with E-state index in [1.165, 1.54) is 12.8 Å². The second-order valence-electron chi connectivity index (χ2n) is 4.62. The Hall–Kier alpha value is -0.570. The Balaban J connectivity index is 2.35. The largest absolute Gasteiger partial charge is 0.340 e. The van der Waals surface area contributed by atoms with Crippen LogP contribution in [-0.2, 0) is 4.79 Å². The summed E-state index contributed by atoms with van der Waals surface area (Å²) in [6.07, 6.45) is 6.39. The van der Waals surface area contributed by atoms with E-state index >= 15 is 0 Å². The van der Waals surface area contributed by atoms with Crippen molar-refractivity contribution in [2.75, 3.05) is 19.6 Å². The zero-order valence-electron chi connectivity index (χ0n) is 10.8. The van der Waals surface area contributed by atoms with Gasteiger partial charge in [0.25, 0.3) is 0 Å². The molecule has 1 aliphatic rings. The summed E-state index contributed by atoms with van der Waals surface area (Å²) in [4.78, 5) is 14.1. The van der Waals surface area contributed by atoms with Crippen molar-refractivity contribution in [3.63, 3.8) is 0 Å². The van der Waals surface area contributed by atoms with E-state index in [1.807, 2.05) is 0 Å². The van der Waals surface area contributed by atoms with Gasteiger partial charge in [-0.3, -0.25) is 4.79 Å². The highest BCUT2D eigenvalue weighted by molar-refractivity contribution is 5.76. The predicted molar refractivity (Wildman–Crippen MR) is 67.4 cm³/mol. The van der Waals surface area contributed by atoms with Crippen LogP contribution in [0.3, 0.4) is 0 Å². The third-order valence-corrected chi connectivity index (χ3v) is 3.40. The first-order chi connectivity index (χ1) is 7.79. The molecule has 0 radical (unpaired) electrons. The number of nitrogens with one attached hydrogen (secondary N) is 1. The van der Waals surface area contributed by atoms with Crippen LogP contribution in [0.1, 0.15) is 52.4 Å². The number of nitrogens with zero attached hydrogens (tertiary/aromatic N) is 1. The molecule has 3 nitrogen and oxygen atoms in total. The van der Waals surface area contributed by atoms with Gasteiger partial charge >= 0.3 is 0 Å². The summed E-state index contributed by atoms with van der Waals surface area (Å²) < 4.78 is 0. The molecule has 1 N–H and O–H groups in total. The van der Waals surface area contributed by atoms with Gasteiger partial charge in [-0.25, -0.2) is 0 Å². The van der Waals surface area contributed by atoms with Crippen molar-refractivity contribution in [3.05, 3.63) is 0 Å². The molecule has 0 aromatic heterocycles. The van der Waals surface area contributed by atoms with Crippen LogP contribution in [0.2, 0.25) is 0 Å². The van der Waals surface area contributed by atoms with Crippen LogP contribution < -0.4 is 5.32 Å². The third-order valence-electron chi connectivity index (χ3n) is 3.40. The molecule has 0 atom stereocenters. The minimum absolute atomic E-state index is 0.364. The minimum atomic E-state index is 0.364. The van der Waals surface area contributed by atoms with Gasteiger partial charge in [-0.1, -0.05) is 19.8 Å². The van der Waals surface area contributed by atoms with Crippen molar-refractivity contribution in [1.82, 2.24) is 10.2 Å². The van der Waals surface area contributed by atoms with Crippen molar-refractivity contribution in [1.29, 1.82) is 0 Å². The van der Waals surface area contributed by atoms with Gasteiger partial charge < -0.3 is 10.2 Å². The molecule has 0 spiro atoms. The number of carbonyl (C=O) groups excluding carboxylic acids is 1. The van der Waals surface area contributed by atoms with E-state index in [0.717, 1.165) is 45.3 Å². The van der Waals surface area contributed by atoms with Gasteiger partial charge in [0.1, 0.15) is 0 Å². The fourth-order valence-electron chi connectivity index (χ4n) is 2.43. The van der Waals surface area contributed by atoms with E-state index in [1.54, 1.807) is 0 Å². The average molecular weight is 226 g/mol. The number of carbonyl (C=O) groups is 1. The molecule has 1 saturated heterocycles. The lowest BCUT2D eigenvalue weighted by Crippen LogP contribution is -2.45. The molecule has 0 aliphatic carbocycles. The zero-order valence-corrected chi connectivity index (χ0v) is 10.8. The summed E-state index contributed by atoms with van der Waals surface area (Å²) in [5.41, 5.74) is 0. The van der Waals surface area contributed by atoms with E-state index in [9.17, 15) is 4.79 Å². The van der Waals surface area contributed by atoms with E-state index < -0.39 is 0 Å². The number of hydrogen-bond donors (Lipinski definition) is 1. The van der Waals surface area contributed by atoms with Gasteiger partial charge in [0.2, 0.25) is 5.91 Å². The maximum absolute atomic E-state index is 12.1. The fourth-order valence-corrected chi connectivity index (χ4v) is 2.43. The van der Waals surface area contributed by atoms with Crippen LogP contribution in [-0.4, -0.2) is 36.5 Å². The number of unbranched alkanes of at least 4 members (excludes halogenated alkanes) is 2. The quantitative estimate of drug-likeness (QED) is 0.704. The molecule has 94 valence electrons. The highest BCUT2D eigenvalue weighted by Crippen LogP contribution is 2.14. The molecule has 3 heteroatoms. The fraction of sp³-hybridized carbons (Fsp3) is 0.923. The van der Waals surface area contributed by atoms with Crippen molar-refractivity contribution in [2.45, 2.75) is 58.4 Å². The summed E-state index contributed by atoms with van der Waals surface area (Å²) in [5.74, 6) is 0.364. The first-order valence-corrected chi connectivity index (χ1v) is 6.79. The maximum atomic E-state index is 12.1. The molecule has 0 unspecified atom stereocenters. The molecule has 16 heavy (non-hydrogen) atoms. The summed E-state index contributed by atoms with van der Waals surface area (Å²) in [6.45, 7) is 7.26. The number of piperidine rings is 1. The van der Waals surface area contributed by atoms with Gasteiger partial charge in [-0.2, -0.15) is 0 Å². The van der Waals surface area contributed by atoms with E-state index in [-0.39, 0.29) is 0 Å². The van der Waals surface area contributed by atoms with Gasteiger partial charge in [0.05, 0.1) is 0 Å². The van der Waals surface area contributed by atoms with E-state index in [0.29, 0.717) is 11.9 Å². The zero-order chi connectivity index (χ0) is 11.8. The Labute approximate surface area is 99.6 Å². The van der Waals surface area contributed by atoms with Crippen LogP contribution in [0.15, 0.2) is 0 Å². The molecule has 1 heterocycles. The van der Waals surface area contributed by atoms with Gasteiger partial charge in [-0.05, 0) is 39.3 Å². The van der Waals surface area contributed by atoms with Crippen molar-refractivity contribution < 1.29 is 4.79 Å². The lowest BCUT2D eigenvalue weighted by atomic mass is 10.0. The molecule has 0 aromatic rings. The minimum Gasteiger partial charge on any atom is -0.340 e. The van der Waals surface area contributed by atoms with Crippen LogP contribution in [0.5, 0.6) is 0 Å². The Bertz CT molecular complexity index is 200. The van der Waals surface area contributed by atoms with Crippen molar-refractivity contribution in [3.8, 4) is 0 Å². The van der Waals surface area contributed by atoms with Crippen molar-refractivity contribution in [2.24, 2.45) is 0 Å². The molecular formula is C13H26N2O. The summed E-state index contributed by atoms with van der Waals surface area (Å²) in [6, 6.07) is 0.486. The predicted octanol–water partition coefficient (Wildman–Crippen LogP) is 2.17. The second-order valence-corrected chi connectivity index (χ2v) is 4.62. The second kappa shape index (κ2) is 7.66. The molecule has 1 amide bonds. The van der Waals surface area contributed by atoms with Gasteiger partial charge in [0.15, 0.2) is 0 Å². The normalized spacial score (nSPS) is 17.4.